The Morgan fingerprint density at radius 1 is 1.03 bits per heavy atom. The van der Waals surface area contributed by atoms with Gasteiger partial charge >= 0.3 is 11.9 Å². The minimum absolute atomic E-state index is 0.132. The van der Waals surface area contributed by atoms with Crippen molar-refractivity contribution in [2.24, 2.45) is 17.8 Å². The van der Waals surface area contributed by atoms with Crippen molar-refractivity contribution in [3.8, 4) is 0 Å². The Labute approximate surface area is 194 Å². The molecule has 0 bridgehead atoms. The van der Waals surface area contributed by atoms with E-state index in [4.69, 9.17) is 0 Å². The molecule has 10 heteroatoms. The molecule has 1 saturated carbocycles. The lowest BCUT2D eigenvalue weighted by Gasteiger charge is -2.42. The zero-order chi connectivity index (χ0) is 23.6. The molecule has 4 N–H and O–H groups in total. The number of carbonyl (C=O) groups is 2. The van der Waals surface area contributed by atoms with Gasteiger partial charge in [-0.1, -0.05) is 30.3 Å². The zero-order valence-corrected chi connectivity index (χ0v) is 19.4. The molecule has 0 aromatic heterocycles. The topological polar surface area (TPSA) is 136 Å². The SMILES string of the molecule is O=C(O)[C@@H]1C[C@H]2C[C@@H](CN3C[C@@H](NS(=O)(=O)Cc4ccccc4)C[C@H]3C(=O)O)CC[C@H]2CN1. The van der Waals surface area contributed by atoms with Crippen molar-refractivity contribution >= 4 is 22.0 Å². The minimum atomic E-state index is -3.59. The lowest BCUT2D eigenvalue weighted by Crippen LogP contribution is -2.50. The van der Waals surface area contributed by atoms with E-state index in [-0.39, 0.29) is 12.2 Å². The van der Waals surface area contributed by atoms with Crippen LogP contribution >= 0.6 is 0 Å². The van der Waals surface area contributed by atoms with Crippen LogP contribution in [-0.2, 0) is 25.4 Å². The Hall–Kier alpha value is -2.01. The molecule has 0 amide bonds. The molecule has 2 aliphatic heterocycles. The van der Waals surface area contributed by atoms with Gasteiger partial charge < -0.3 is 15.5 Å². The number of fused-ring (bicyclic) bond motifs is 1. The predicted molar refractivity (Wildman–Crippen MR) is 122 cm³/mol. The van der Waals surface area contributed by atoms with E-state index in [0.717, 1.165) is 25.8 Å². The molecule has 0 spiro atoms. The number of rotatable bonds is 8. The van der Waals surface area contributed by atoms with Crippen LogP contribution in [0.15, 0.2) is 30.3 Å². The number of aliphatic carboxylic acids is 2. The van der Waals surface area contributed by atoms with Gasteiger partial charge in [-0.25, -0.2) is 13.1 Å². The van der Waals surface area contributed by atoms with Crippen molar-refractivity contribution in [1.82, 2.24) is 14.9 Å². The fourth-order valence-corrected chi connectivity index (χ4v) is 7.28. The number of carboxylic acids is 2. The van der Waals surface area contributed by atoms with Crippen molar-refractivity contribution in [3.05, 3.63) is 35.9 Å². The van der Waals surface area contributed by atoms with Crippen LogP contribution in [0, 0.1) is 17.8 Å². The number of sulfonamides is 1. The number of likely N-dealkylation sites (tertiary alicyclic amines) is 1. The Morgan fingerprint density at radius 3 is 2.48 bits per heavy atom. The quantitative estimate of drug-likeness (QED) is 0.435. The van der Waals surface area contributed by atoms with Gasteiger partial charge in [0.2, 0.25) is 10.0 Å². The average molecular weight is 480 g/mol. The van der Waals surface area contributed by atoms with Crippen molar-refractivity contribution in [1.29, 1.82) is 0 Å². The maximum Gasteiger partial charge on any atom is 0.320 e. The summed E-state index contributed by atoms with van der Waals surface area (Å²) >= 11 is 0. The molecule has 3 aliphatic rings. The maximum atomic E-state index is 12.6. The molecular weight excluding hydrogens is 446 g/mol. The summed E-state index contributed by atoms with van der Waals surface area (Å²) in [5.74, 6) is -0.777. The molecule has 182 valence electrons. The van der Waals surface area contributed by atoms with Crippen LogP contribution in [0.2, 0.25) is 0 Å². The predicted octanol–water partition coefficient (Wildman–Crippen LogP) is 1.11. The number of piperidine rings is 1. The molecule has 0 unspecified atom stereocenters. The van der Waals surface area contributed by atoms with Crippen LogP contribution in [0.3, 0.4) is 0 Å². The number of hydrogen-bond acceptors (Lipinski definition) is 6. The summed E-state index contributed by atoms with van der Waals surface area (Å²) in [6, 6.07) is 7.26. The number of carboxylic acid groups (broad SMARTS) is 2. The first-order valence-corrected chi connectivity index (χ1v) is 13.3. The first-order valence-electron chi connectivity index (χ1n) is 11.7. The van der Waals surface area contributed by atoms with Gasteiger partial charge in [0.25, 0.3) is 0 Å². The van der Waals surface area contributed by atoms with E-state index >= 15 is 0 Å². The van der Waals surface area contributed by atoms with Gasteiger partial charge in [0.1, 0.15) is 12.1 Å². The first-order chi connectivity index (χ1) is 15.7. The summed E-state index contributed by atoms with van der Waals surface area (Å²) in [6.07, 6.45) is 3.73. The fraction of sp³-hybridized carbons (Fsp3) is 0.652. The number of benzene rings is 1. The van der Waals surface area contributed by atoms with E-state index in [0.29, 0.717) is 42.8 Å². The summed E-state index contributed by atoms with van der Waals surface area (Å²) in [5.41, 5.74) is 0.688. The number of nitrogens with zero attached hydrogens (tertiary/aromatic N) is 1. The Bertz CT molecular complexity index is 956. The van der Waals surface area contributed by atoms with Gasteiger partial charge in [-0.2, -0.15) is 0 Å². The number of nitrogens with one attached hydrogen (secondary N) is 2. The smallest absolute Gasteiger partial charge is 0.320 e. The molecule has 2 heterocycles. The Kier molecular flexibility index (Phi) is 7.37. The van der Waals surface area contributed by atoms with E-state index in [9.17, 15) is 28.2 Å². The van der Waals surface area contributed by atoms with Crippen LogP contribution in [0.1, 0.15) is 37.7 Å². The summed E-state index contributed by atoms with van der Waals surface area (Å²) in [4.78, 5) is 25.2. The van der Waals surface area contributed by atoms with Gasteiger partial charge in [-0.15, -0.1) is 0 Å². The largest absolute Gasteiger partial charge is 0.480 e. The van der Waals surface area contributed by atoms with Crippen LogP contribution in [0.4, 0.5) is 0 Å². The fourth-order valence-electron chi connectivity index (χ4n) is 5.88. The standard InChI is InChI=1S/C23H33N3O6S/c27-22(28)20-9-18-8-16(6-7-17(18)11-24-20)12-26-13-19(10-21(26)23(29)30)25-33(31,32)14-15-4-2-1-3-5-15/h1-5,16-21,24-25H,6-14H2,(H,27,28)(H,29,30)/t16-,17-,18+,19-,20-,21-/m0/s1. The van der Waals surface area contributed by atoms with Gasteiger partial charge in [0, 0.05) is 19.1 Å². The molecule has 6 atom stereocenters. The molecule has 9 nitrogen and oxygen atoms in total. The van der Waals surface area contributed by atoms with E-state index in [1.165, 1.54) is 0 Å². The second kappa shape index (κ2) is 10.1. The lowest BCUT2D eigenvalue weighted by atomic mass is 9.69. The summed E-state index contributed by atoms with van der Waals surface area (Å²) in [5, 5.41) is 22.2. The second-order valence-corrected chi connectivity index (χ2v) is 11.6. The van der Waals surface area contributed by atoms with Gasteiger partial charge in [-0.05, 0) is 62.0 Å². The highest BCUT2D eigenvalue weighted by atomic mass is 32.2. The van der Waals surface area contributed by atoms with E-state index in [1.54, 1.807) is 24.3 Å². The molecule has 2 saturated heterocycles. The molecule has 4 rings (SSSR count). The van der Waals surface area contributed by atoms with Crippen molar-refractivity contribution in [3.63, 3.8) is 0 Å². The van der Waals surface area contributed by atoms with Crippen LogP contribution in [-0.4, -0.2) is 73.2 Å². The van der Waals surface area contributed by atoms with Crippen LogP contribution in [0.25, 0.3) is 0 Å². The monoisotopic (exact) mass is 479 g/mol. The molecule has 33 heavy (non-hydrogen) atoms. The highest BCUT2D eigenvalue weighted by Crippen LogP contribution is 2.39. The third-order valence-corrected chi connectivity index (χ3v) is 8.84. The zero-order valence-electron chi connectivity index (χ0n) is 18.6. The van der Waals surface area contributed by atoms with E-state index in [1.807, 2.05) is 11.0 Å². The molecule has 1 aromatic rings. The Balaban J connectivity index is 1.35. The summed E-state index contributed by atoms with van der Waals surface area (Å²) in [6.45, 7) is 1.69. The third kappa shape index (κ3) is 6.11. The number of hydrogen-bond donors (Lipinski definition) is 4. The Morgan fingerprint density at radius 2 is 1.79 bits per heavy atom. The molecule has 0 radical (unpaired) electrons. The second-order valence-electron chi connectivity index (χ2n) is 9.84. The highest BCUT2D eigenvalue weighted by molar-refractivity contribution is 7.88. The third-order valence-electron chi connectivity index (χ3n) is 7.44. The molecule has 3 fully saturated rings. The summed E-state index contributed by atoms with van der Waals surface area (Å²) < 4.78 is 28.0. The lowest BCUT2D eigenvalue weighted by molar-refractivity contribution is -0.143. The molecule has 1 aliphatic carbocycles. The molecular formula is C23H33N3O6S. The summed E-state index contributed by atoms with van der Waals surface area (Å²) in [7, 11) is -3.59. The molecule has 1 aromatic carbocycles. The van der Waals surface area contributed by atoms with Gasteiger partial charge in [0.05, 0.1) is 5.75 Å². The van der Waals surface area contributed by atoms with Crippen molar-refractivity contribution in [2.75, 3.05) is 19.6 Å². The van der Waals surface area contributed by atoms with Gasteiger partial charge in [-0.3, -0.25) is 14.5 Å². The van der Waals surface area contributed by atoms with Crippen LogP contribution < -0.4 is 10.0 Å². The normalized spacial score (nSPS) is 32.8. The maximum absolute atomic E-state index is 12.6. The highest BCUT2D eigenvalue weighted by Gasteiger charge is 2.42. The average Bonchev–Trinajstić information content (AvgIpc) is 3.15. The van der Waals surface area contributed by atoms with E-state index < -0.39 is 40.1 Å². The van der Waals surface area contributed by atoms with Crippen molar-refractivity contribution < 1.29 is 28.2 Å². The van der Waals surface area contributed by atoms with Gasteiger partial charge in [0.15, 0.2) is 0 Å². The van der Waals surface area contributed by atoms with Crippen molar-refractivity contribution in [2.45, 2.75) is 56.0 Å². The first kappa shape index (κ1) is 24.1. The van der Waals surface area contributed by atoms with E-state index in [2.05, 4.69) is 10.0 Å². The minimum Gasteiger partial charge on any atom is -0.480 e. The van der Waals surface area contributed by atoms with Crippen LogP contribution in [0.5, 0.6) is 0 Å².